The number of benzene rings is 2. The van der Waals surface area contributed by atoms with Crippen LogP contribution in [0.4, 0.5) is 0 Å². The van der Waals surface area contributed by atoms with E-state index in [1.54, 1.807) is 0 Å². The Kier molecular flexibility index (Phi) is 5.96. The van der Waals surface area contributed by atoms with Gasteiger partial charge >= 0.3 is 0 Å². The molecule has 0 aliphatic rings. The molecular weight excluding hydrogens is 266 g/mol. The van der Waals surface area contributed by atoms with E-state index in [1.807, 2.05) is 37.0 Å². The molecule has 2 rings (SSSR count). The highest BCUT2D eigenvalue weighted by atomic mass is 32.2. The predicted octanol–water partition coefficient (Wildman–Crippen LogP) is 3.89. The fourth-order valence-electron chi connectivity index (χ4n) is 1.93. The second kappa shape index (κ2) is 7.98. The van der Waals surface area contributed by atoms with Crippen LogP contribution in [-0.2, 0) is 6.54 Å². The van der Waals surface area contributed by atoms with E-state index in [0.717, 1.165) is 24.7 Å². The van der Waals surface area contributed by atoms with Crippen LogP contribution in [0.2, 0.25) is 0 Å². The quantitative estimate of drug-likeness (QED) is 0.617. The minimum atomic E-state index is 0.721. The number of hydrogen-bond acceptors (Lipinski definition) is 3. The number of rotatable bonds is 7. The predicted molar refractivity (Wildman–Crippen MR) is 86.6 cm³/mol. The molecule has 1 N–H and O–H groups in total. The molecule has 20 heavy (non-hydrogen) atoms. The number of aryl methyl sites for hydroxylation is 1. The van der Waals surface area contributed by atoms with E-state index in [9.17, 15) is 0 Å². The molecule has 2 aromatic carbocycles. The van der Waals surface area contributed by atoms with Gasteiger partial charge in [-0.2, -0.15) is 0 Å². The summed E-state index contributed by atoms with van der Waals surface area (Å²) in [5.74, 6) is 1.93. The van der Waals surface area contributed by atoms with Gasteiger partial charge in [0.2, 0.25) is 0 Å². The summed E-state index contributed by atoms with van der Waals surface area (Å²) in [6, 6.07) is 16.8. The fourth-order valence-corrected chi connectivity index (χ4v) is 2.66. The van der Waals surface area contributed by atoms with Crippen molar-refractivity contribution >= 4 is 11.8 Å². The number of thioether (sulfide) groups is 1. The number of ether oxygens (including phenoxy) is 1. The van der Waals surface area contributed by atoms with Gasteiger partial charge in [-0.15, -0.1) is 11.8 Å². The van der Waals surface area contributed by atoms with Gasteiger partial charge in [0.1, 0.15) is 5.75 Å². The Hall–Kier alpha value is -1.45. The minimum Gasteiger partial charge on any atom is -0.492 e. The van der Waals surface area contributed by atoms with E-state index in [2.05, 4.69) is 42.6 Å². The Morgan fingerprint density at radius 3 is 2.55 bits per heavy atom. The highest BCUT2D eigenvalue weighted by Crippen LogP contribution is 2.20. The Morgan fingerprint density at radius 2 is 1.80 bits per heavy atom. The lowest BCUT2D eigenvalue weighted by atomic mass is 10.2. The van der Waals surface area contributed by atoms with Crippen LogP contribution in [0.1, 0.15) is 11.1 Å². The molecule has 0 atom stereocenters. The first-order valence-corrected chi connectivity index (χ1v) is 7.83. The Balaban J connectivity index is 1.79. The molecule has 0 fully saturated rings. The number of nitrogens with one attached hydrogen (secondary N) is 1. The summed E-state index contributed by atoms with van der Waals surface area (Å²) < 4.78 is 5.87. The van der Waals surface area contributed by atoms with Crippen LogP contribution in [0.5, 0.6) is 5.75 Å². The normalized spacial score (nSPS) is 10.5. The first-order chi connectivity index (χ1) is 9.79. The van der Waals surface area contributed by atoms with Crippen molar-refractivity contribution in [3.8, 4) is 5.75 Å². The molecule has 0 radical (unpaired) electrons. The highest BCUT2D eigenvalue weighted by Gasteiger charge is 2.01. The summed E-state index contributed by atoms with van der Waals surface area (Å²) in [5.41, 5.74) is 2.50. The Labute approximate surface area is 125 Å². The summed E-state index contributed by atoms with van der Waals surface area (Å²) in [5, 5.41) is 3.16. The van der Waals surface area contributed by atoms with Crippen LogP contribution in [0.3, 0.4) is 0 Å². The van der Waals surface area contributed by atoms with Crippen molar-refractivity contribution in [2.75, 3.05) is 19.4 Å². The lowest BCUT2D eigenvalue weighted by Crippen LogP contribution is -2.08. The highest BCUT2D eigenvalue weighted by molar-refractivity contribution is 7.99. The van der Waals surface area contributed by atoms with E-state index < -0.39 is 0 Å². The van der Waals surface area contributed by atoms with Crippen molar-refractivity contribution in [2.45, 2.75) is 18.4 Å². The summed E-state index contributed by atoms with van der Waals surface area (Å²) in [4.78, 5) is 1.29. The zero-order valence-corrected chi connectivity index (χ0v) is 12.9. The van der Waals surface area contributed by atoms with Gasteiger partial charge < -0.3 is 10.1 Å². The maximum atomic E-state index is 5.87. The standard InChI is InChI=1S/C17H21NOS/c1-14-7-9-16(10-8-14)20-12-11-19-17-6-4-3-5-15(17)13-18-2/h3-10,18H,11-13H2,1-2H3. The van der Waals surface area contributed by atoms with Gasteiger partial charge in [-0.25, -0.2) is 0 Å². The Morgan fingerprint density at radius 1 is 1.05 bits per heavy atom. The summed E-state index contributed by atoms with van der Waals surface area (Å²) in [6.07, 6.45) is 0. The molecule has 0 saturated heterocycles. The van der Waals surface area contributed by atoms with Gasteiger partial charge in [0.05, 0.1) is 6.61 Å². The summed E-state index contributed by atoms with van der Waals surface area (Å²) in [7, 11) is 1.95. The largest absolute Gasteiger partial charge is 0.492 e. The van der Waals surface area contributed by atoms with Gasteiger partial charge in [-0.3, -0.25) is 0 Å². The molecule has 0 unspecified atom stereocenters. The van der Waals surface area contributed by atoms with Crippen LogP contribution in [0, 0.1) is 6.92 Å². The molecule has 0 aliphatic heterocycles. The van der Waals surface area contributed by atoms with E-state index in [4.69, 9.17) is 4.74 Å². The molecule has 2 nitrogen and oxygen atoms in total. The zero-order valence-electron chi connectivity index (χ0n) is 12.1. The van der Waals surface area contributed by atoms with Crippen LogP contribution in [0.15, 0.2) is 53.4 Å². The molecule has 2 aromatic rings. The van der Waals surface area contributed by atoms with Crippen LogP contribution < -0.4 is 10.1 Å². The van der Waals surface area contributed by atoms with Crippen molar-refractivity contribution in [3.05, 3.63) is 59.7 Å². The van der Waals surface area contributed by atoms with Gasteiger partial charge in [-0.1, -0.05) is 35.9 Å². The van der Waals surface area contributed by atoms with Gasteiger partial charge in [-0.05, 0) is 32.2 Å². The minimum absolute atomic E-state index is 0.721. The maximum absolute atomic E-state index is 5.87. The first-order valence-electron chi connectivity index (χ1n) is 6.84. The Bertz CT molecular complexity index is 525. The third-order valence-corrected chi connectivity index (χ3v) is 3.95. The van der Waals surface area contributed by atoms with Gasteiger partial charge in [0.25, 0.3) is 0 Å². The SMILES string of the molecule is CNCc1ccccc1OCCSc1ccc(C)cc1. The van der Waals surface area contributed by atoms with E-state index >= 15 is 0 Å². The van der Waals surface area contributed by atoms with E-state index in [1.165, 1.54) is 16.0 Å². The molecule has 0 spiro atoms. The number of para-hydroxylation sites is 1. The summed E-state index contributed by atoms with van der Waals surface area (Å²) >= 11 is 1.83. The molecule has 0 aliphatic carbocycles. The number of hydrogen-bond donors (Lipinski definition) is 1. The molecule has 3 heteroatoms. The van der Waals surface area contributed by atoms with Crippen molar-refractivity contribution in [1.29, 1.82) is 0 Å². The average Bonchev–Trinajstić information content (AvgIpc) is 2.47. The van der Waals surface area contributed by atoms with Gasteiger partial charge in [0.15, 0.2) is 0 Å². The fraction of sp³-hybridized carbons (Fsp3) is 0.294. The van der Waals surface area contributed by atoms with E-state index in [-0.39, 0.29) is 0 Å². The zero-order chi connectivity index (χ0) is 14.2. The average molecular weight is 287 g/mol. The van der Waals surface area contributed by atoms with E-state index in [0.29, 0.717) is 0 Å². The van der Waals surface area contributed by atoms with Crippen LogP contribution in [-0.4, -0.2) is 19.4 Å². The van der Waals surface area contributed by atoms with Crippen molar-refractivity contribution in [1.82, 2.24) is 5.32 Å². The first kappa shape index (κ1) is 14.9. The van der Waals surface area contributed by atoms with Gasteiger partial charge in [0, 0.05) is 22.8 Å². The topological polar surface area (TPSA) is 21.3 Å². The molecule has 106 valence electrons. The maximum Gasteiger partial charge on any atom is 0.123 e. The smallest absolute Gasteiger partial charge is 0.123 e. The molecule has 0 amide bonds. The monoisotopic (exact) mass is 287 g/mol. The molecule has 0 heterocycles. The second-order valence-corrected chi connectivity index (χ2v) is 5.82. The molecule has 0 bridgehead atoms. The van der Waals surface area contributed by atoms with Crippen molar-refractivity contribution in [2.24, 2.45) is 0 Å². The van der Waals surface area contributed by atoms with Crippen molar-refractivity contribution < 1.29 is 4.74 Å². The lowest BCUT2D eigenvalue weighted by molar-refractivity contribution is 0.339. The third-order valence-electron chi connectivity index (χ3n) is 2.97. The molecule has 0 aromatic heterocycles. The van der Waals surface area contributed by atoms with Crippen LogP contribution in [0.25, 0.3) is 0 Å². The molecule has 0 saturated carbocycles. The summed E-state index contributed by atoms with van der Waals surface area (Å²) in [6.45, 7) is 3.66. The lowest BCUT2D eigenvalue weighted by Gasteiger charge is -2.11. The van der Waals surface area contributed by atoms with Crippen molar-refractivity contribution in [3.63, 3.8) is 0 Å². The second-order valence-electron chi connectivity index (χ2n) is 4.65. The van der Waals surface area contributed by atoms with Crippen LogP contribution >= 0.6 is 11.8 Å². The third kappa shape index (κ3) is 4.58. The molecular formula is C17H21NOS.